The average molecular weight is 371 g/mol. The molecule has 0 bridgehead atoms. The molecule has 0 spiro atoms. The topological polar surface area (TPSA) is 66.9 Å². The Morgan fingerprint density at radius 1 is 1.08 bits per heavy atom. The molecule has 132 valence electrons. The molecular formula is C19H16ClFN4O. The number of carbonyl (C=O) groups is 1. The monoisotopic (exact) mass is 370 g/mol. The van der Waals surface area contributed by atoms with Crippen LogP contribution in [0.5, 0.6) is 0 Å². The average Bonchev–Trinajstić information content (AvgIpc) is 2.65. The zero-order valence-electron chi connectivity index (χ0n) is 14.0. The molecule has 0 aliphatic heterocycles. The number of amides is 1. The van der Waals surface area contributed by atoms with Gasteiger partial charge in [-0.15, -0.1) is 10.2 Å². The number of hydrogen-bond acceptors (Lipinski definition) is 4. The molecule has 3 rings (SSSR count). The number of anilines is 2. The minimum Gasteiger partial charge on any atom is -0.347 e. The summed E-state index contributed by atoms with van der Waals surface area (Å²) >= 11 is 6.09. The smallest absolute Gasteiger partial charge is 0.272 e. The lowest BCUT2D eigenvalue weighted by Crippen LogP contribution is -2.24. The first-order chi connectivity index (χ1) is 12.5. The number of aryl methyl sites for hydroxylation is 1. The van der Waals surface area contributed by atoms with Crippen molar-refractivity contribution < 1.29 is 9.18 Å². The van der Waals surface area contributed by atoms with Gasteiger partial charge in [0.25, 0.3) is 5.91 Å². The quantitative estimate of drug-likeness (QED) is 0.704. The highest BCUT2D eigenvalue weighted by molar-refractivity contribution is 6.31. The lowest BCUT2D eigenvalue weighted by Gasteiger charge is -2.08. The molecule has 5 nitrogen and oxygen atoms in total. The van der Waals surface area contributed by atoms with Crippen molar-refractivity contribution in [3.63, 3.8) is 0 Å². The van der Waals surface area contributed by atoms with E-state index in [2.05, 4.69) is 20.8 Å². The van der Waals surface area contributed by atoms with E-state index in [1.54, 1.807) is 30.3 Å². The fourth-order valence-electron chi connectivity index (χ4n) is 2.21. The van der Waals surface area contributed by atoms with Gasteiger partial charge in [0.1, 0.15) is 5.82 Å². The Labute approximate surface area is 155 Å². The maximum atomic E-state index is 12.9. The molecular weight excluding hydrogens is 355 g/mol. The van der Waals surface area contributed by atoms with Crippen LogP contribution in [0.4, 0.5) is 15.9 Å². The van der Waals surface area contributed by atoms with E-state index < -0.39 is 0 Å². The van der Waals surface area contributed by atoms with Gasteiger partial charge in [-0.25, -0.2) is 4.39 Å². The van der Waals surface area contributed by atoms with Crippen LogP contribution in [0.2, 0.25) is 5.02 Å². The Balaban J connectivity index is 1.60. The van der Waals surface area contributed by atoms with E-state index in [0.29, 0.717) is 10.8 Å². The molecule has 0 aliphatic rings. The predicted octanol–water partition coefficient (Wildman–Crippen LogP) is 4.25. The first-order valence-corrected chi connectivity index (χ1v) is 8.28. The summed E-state index contributed by atoms with van der Waals surface area (Å²) in [4.78, 5) is 12.1. The molecule has 7 heteroatoms. The van der Waals surface area contributed by atoms with Crippen LogP contribution in [0.3, 0.4) is 0 Å². The second-order valence-electron chi connectivity index (χ2n) is 5.70. The minimum absolute atomic E-state index is 0.194. The van der Waals surface area contributed by atoms with E-state index >= 15 is 0 Å². The number of hydrogen-bond donors (Lipinski definition) is 2. The van der Waals surface area contributed by atoms with Crippen molar-refractivity contribution in [2.75, 3.05) is 5.32 Å². The number of nitrogens with one attached hydrogen (secondary N) is 2. The van der Waals surface area contributed by atoms with Crippen molar-refractivity contribution in [3.8, 4) is 0 Å². The van der Waals surface area contributed by atoms with Gasteiger partial charge >= 0.3 is 0 Å². The second-order valence-corrected chi connectivity index (χ2v) is 6.11. The molecule has 0 fully saturated rings. The van der Waals surface area contributed by atoms with Gasteiger partial charge in [0, 0.05) is 17.3 Å². The van der Waals surface area contributed by atoms with Gasteiger partial charge in [0.05, 0.1) is 0 Å². The van der Waals surface area contributed by atoms with E-state index in [0.717, 1.165) is 16.8 Å². The summed E-state index contributed by atoms with van der Waals surface area (Å²) in [7, 11) is 0. The molecule has 0 saturated heterocycles. The van der Waals surface area contributed by atoms with E-state index in [4.69, 9.17) is 11.6 Å². The minimum atomic E-state index is -0.355. The molecule has 3 aromatic rings. The predicted molar refractivity (Wildman–Crippen MR) is 99.1 cm³/mol. The summed E-state index contributed by atoms with van der Waals surface area (Å²) in [5.74, 6) is -0.171. The van der Waals surface area contributed by atoms with E-state index in [9.17, 15) is 9.18 Å². The molecule has 2 aromatic carbocycles. The third-order valence-corrected chi connectivity index (χ3v) is 4.11. The van der Waals surface area contributed by atoms with Gasteiger partial charge in [-0.1, -0.05) is 29.8 Å². The Hall–Kier alpha value is -2.99. The van der Waals surface area contributed by atoms with Crippen LogP contribution >= 0.6 is 11.6 Å². The van der Waals surface area contributed by atoms with E-state index in [1.165, 1.54) is 12.1 Å². The SMILES string of the molecule is Cc1ccc(Nc2ccc(C(=O)NCc3ccc(F)cc3)nn2)cc1Cl. The molecule has 0 unspecified atom stereocenters. The molecule has 0 aliphatic carbocycles. The lowest BCUT2D eigenvalue weighted by atomic mass is 10.2. The van der Waals surface area contributed by atoms with Gasteiger partial charge in [-0.3, -0.25) is 4.79 Å². The molecule has 0 atom stereocenters. The van der Waals surface area contributed by atoms with Gasteiger partial charge in [0.2, 0.25) is 0 Å². The van der Waals surface area contributed by atoms with E-state index in [-0.39, 0.29) is 24.0 Å². The molecule has 26 heavy (non-hydrogen) atoms. The van der Waals surface area contributed by atoms with Crippen molar-refractivity contribution >= 4 is 29.0 Å². The lowest BCUT2D eigenvalue weighted by molar-refractivity contribution is 0.0945. The molecule has 0 saturated carbocycles. The van der Waals surface area contributed by atoms with Gasteiger partial charge in [0.15, 0.2) is 11.5 Å². The Morgan fingerprint density at radius 2 is 1.85 bits per heavy atom. The Kier molecular flexibility index (Phi) is 5.43. The second kappa shape index (κ2) is 7.93. The van der Waals surface area contributed by atoms with Crippen molar-refractivity contribution in [3.05, 3.63) is 82.3 Å². The highest BCUT2D eigenvalue weighted by Crippen LogP contribution is 2.22. The van der Waals surface area contributed by atoms with Crippen molar-refractivity contribution in [1.29, 1.82) is 0 Å². The first-order valence-electron chi connectivity index (χ1n) is 7.91. The zero-order chi connectivity index (χ0) is 18.5. The third-order valence-electron chi connectivity index (χ3n) is 3.71. The zero-order valence-corrected chi connectivity index (χ0v) is 14.7. The van der Waals surface area contributed by atoms with Crippen LogP contribution in [0.1, 0.15) is 21.6 Å². The Morgan fingerprint density at radius 3 is 2.50 bits per heavy atom. The van der Waals surface area contributed by atoms with Crippen LogP contribution in [0.15, 0.2) is 54.6 Å². The van der Waals surface area contributed by atoms with Crippen LogP contribution < -0.4 is 10.6 Å². The number of aromatic nitrogens is 2. The number of nitrogens with zero attached hydrogens (tertiary/aromatic N) is 2. The van der Waals surface area contributed by atoms with E-state index in [1.807, 2.05) is 19.1 Å². The number of halogens is 2. The summed E-state index contributed by atoms with van der Waals surface area (Å²) < 4.78 is 12.9. The summed E-state index contributed by atoms with van der Waals surface area (Å²) in [6.45, 7) is 2.20. The van der Waals surface area contributed by atoms with Crippen LogP contribution in [-0.2, 0) is 6.54 Å². The van der Waals surface area contributed by atoms with Crippen molar-refractivity contribution in [1.82, 2.24) is 15.5 Å². The molecule has 0 radical (unpaired) electrons. The first kappa shape index (κ1) is 17.8. The molecule has 1 heterocycles. The van der Waals surface area contributed by atoms with Gasteiger partial charge in [-0.05, 0) is 54.4 Å². The number of rotatable bonds is 5. The maximum absolute atomic E-state index is 12.9. The van der Waals surface area contributed by atoms with Crippen LogP contribution in [-0.4, -0.2) is 16.1 Å². The number of benzene rings is 2. The largest absolute Gasteiger partial charge is 0.347 e. The third kappa shape index (κ3) is 4.55. The number of carbonyl (C=O) groups excluding carboxylic acids is 1. The van der Waals surface area contributed by atoms with Crippen LogP contribution in [0.25, 0.3) is 0 Å². The fourth-order valence-corrected chi connectivity index (χ4v) is 2.39. The fraction of sp³-hybridized carbons (Fsp3) is 0.105. The van der Waals surface area contributed by atoms with Crippen LogP contribution in [0, 0.1) is 12.7 Å². The summed E-state index contributed by atoms with van der Waals surface area (Å²) in [6.07, 6.45) is 0. The maximum Gasteiger partial charge on any atom is 0.272 e. The van der Waals surface area contributed by atoms with Gasteiger partial charge in [-0.2, -0.15) is 0 Å². The summed E-state index contributed by atoms with van der Waals surface area (Å²) in [5, 5.41) is 14.4. The molecule has 1 aromatic heterocycles. The Bertz CT molecular complexity index is 914. The van der Waals surface area contributed by atoms with Gasteiger partial charge < -0.3 is 10.6 Å². The highest BCUT2D eigenvalue weighted by atomic mass is 35.5. The standard InChI is InChI=1S/C19H16ClFN4O/c1-12-2-7-15(10-16(12)20)23-18-9-8-17(24-25-18)19(26)22-11-13-3-5-14(21)6-4-13/h2-10H,11H2,1H3,(H,22,26)(H,23,25). The molecule has 1 amide bonds. The van der Waals surface area contributed by atoms with Crippen molar-refractivity contribution in [2.24, 2.45) is 0 Å². The normalized spacial score (nSPS) is 10.4. The summed E-state index contributed by atoms with van der Waals surface area (Å²) in [6, 6.07) is 14.7. The molecule has 2 N–H and O–H groups in total. The highest BCUT2D eigenvalue weighted by Gasteiger charge is 2.08. The van der Waals surface area contributed by atoms with Crippen molar-refractivity contribution in [2.45, 2.75) is 13.5 Å². The summed E-state index contributed by atoms with van der Waals surface area (Å²) in [5.41, 5.74) is 2.75.